The van der Waals surface area contributed by atoms with Crippen molar-refractivity contribution in [1.29, 1.82) is 0 Å². The van der Waals surface area contributed by atoms with E-state index in [4.69, 9.17) is 10.5 Å². The van der Waals surface area contributed by atoms with Gasteiger partial charge in [0.1, 0.15) is 18.2 Å². The highest BCUT2D eigenvalue weighted by atomic mass is 16.5. The first-order valence-corrected chi connectivity index (χ1v) is 7.24. The number of aromatic amines is 1. The number of rotatable bonds is 4. The van der Waals surface area contributed by atoms with Crippen LogP contribution in [-0.4, -0.2) is 29.0 Å². The van der Waals surface area contributed by atoms with Gasteiger partial charge < -0.3 is 26.1 Å². The van der Waals surface area contributed by atoms with Gasteiger partial charge in [0.15, 0.2) is 0 Å². The summed E-state index contributed by atoms with van der Waals surface area (Å²) in [6.45, 7) is 1.59. The van der Waals surface area contributed by atoms with E-state index in [0.717, 1.165) is 12.2 Å². The number of aromatic nitrogens is 2. The van der Waals surface area contributed by atoms with Gasteiger partial charge in [0.2, 0.25) is 0 Å². The van der Waals surface area contributed by atoms with Crippen molar-refractivity contribution >= 4 is 11.6 Å². The van der Waals surface area contributed by atoms with E-state index < -0.39 is 0 Å². The predicted molar refractivity (Wildman–Crippen MR) is 84.3 cm³/mol. The van der Waals surface area contributed by atoms with Crippen molar-refractivity contribution in [2.24, 2.45) is 5.73 Å². The monoisotopic (exact) mass is 315 g/mol. The second kappa shape index (κ2) is 6.49. The molecular weight excluding hydrogens is 298 g/mol. The Morgan fingerprint density at radius 1 is 1.39 bits per heavy atom. The Labute approximate surface area is 132 Å². The third kappa shape index (κ3) is 3.49. The summed E-state index contributed by atoms with van der Waals surface area (Å²) in [4.78, 5) is 30.4. The fraction of sp³-hybridized carbons (Fsp3) is 0.267. The predicted octanol–water partition coefficient (Wildman–Crippen LogP) is -0.0371. The molecule has 1 aliphatic heterocycles. The number of benzene rings is 1. The normalized spacial score (nSPS) is 12.7. The van der Waals surface area contributed by atoms with E-state index >= 15 is 0 Å². The minimum Gasteiger partial charge on any atom is -0.490 e. The molecule has 0 saturated heterocycles. The van der Waals surface area contributed by atoms with E-state index in [0.29, 0.717) is 29.4 Å². The lowest BCUT2D eigenvalue weighted by atomic mass is 10.1. The molecule has 1 aliphatic rings. The number of carbonyl (C=O) groups excluding carboxylic acids is 1. The minimum absolute atomic E-state index is 0.109. The van der Waals surface area contributed by atoms with Crippen LogP contribution in [0.1, 0.15) is 21.9 Å². The molecule has 0 unspecified atom stereocenters. The second-order valence-corrected chi connectivity index (χ2v) is 5.06. The van der Waals surface area contributed by atoms with Crippen LogP contribution in [-0.2, 0) is 13.1 Å². The van der Waals surface area contributed by atoms with Crippen LogP contribution >= 0.6 is 0 Å². The van der Waals surface area contributed by atoms with Gasteiger partial charge in [-0.2, -0.15) is 0 Å². The van der Waals surface area contributed by atoms with Crippen LogP contribution in [0.2, 0.25) is 0 Å². The van der Waals surface area contributed by atoms with Gasteiger partial charge in [-0.3, -0.25) is 9.59 Å². The Hall–Kier alpha value is -2.87. The van der Waals surface area contributed by atoms with Crippen molar-refractivity contribution in [1.82, 2.24) is 15.3 Å². The van der Waals surface area contributed by atoms with Crippen molar-refractivity contribution < 1.29 is 9.53 Å². The van der Waals surface area contributed by atoms with Crippen LogP contribution in [0.5, 0.6) is 5.75 Å². The van der Waals surface area contributed by atoms with Gasteiger partial charge in [0, 0.05) is 24.7 Å². The van der Waals surface area contributed by atoms with E-state index in [2.05, 4.69) is 20.6 Å². The van der Waals surface area contributed by atoms with E-state index in [-0.39, 0.29) is 24.6 Å². The summed E-state index contributed by atoms with van der Waals surface area (Å²) in [5.41, 5.74) is 7.01. The van der Waals surface area contributed by atoms with Crippen LogP contribution in [0.4, 0.5) is 5.69 Å². The number of H-pyrrole nitrogens is 1. The fourth-order valence-electron chi connectivity index (χ4n) is 2.29. The average molecular weight is 315 g/mol. The Bertz CT molecular complexity index is 787. The van der Waals surface area contributed by atoms with Crippen molar-refractivity contribution in [3.8, 4) is 5.75 Å². The highest BCUT2D eigenvalue weighted by Gasteiger charge is 2.13. The van der Waals surface area contributed by atoms with Gasteiger partial charge in [-0.25, -0.2) is 4.98 Å². The molecule has 1 amide bonds. The summed E-state index contributed by atoms with van der Waals surface area (Å²) in [6, 6.07) is 6.53. The van der Waals surface area contributed by atoms with Crippen LogP contribution in [0.3, 0.4) is 0 Å². The van der Waals surface area contributed by atoms with Crippen molar-refractivity contribution in [3.05, 3.63) is 51.7 Å². The van der Waals surface area contributed by atoms with Gasteiger partial charge >= 0.3 is 0 Å². The maximum Gasteiger partial charge on any atom is 0.251 e. The first-order valence-electron chi connectivity index (χ1n) is 7.24. The molecule has 2 heterocycles. The summed E-state index contributed by atoms with van der Waals surface area (Å²) < 4.78 is 5.51. The molecule has 0 atom stereocenters. The number of carbonyl (C=O) groups is 1. The standard InChI is InChI=1S/C15H17N5O3/c16-7-10-6-14(21)20-13(19-10)8-18-15(22)9-1-2-11-12(5-9)23-4-3-17-11/h1-2,5-6,17H,3-4,7-8,16H2,(H,18,22)(H,19,20,21). The molecule has 120 valence electrons. The summed E-state index contributed by atoms with van der Waals surface area (Å²) in [5.74, 6) is 0.741. The first-order chi connectivity index (χ1) is 11.2. The van der Waals surface area contributed by atoms with Crippen molar-refractivity contribution in [2.75, 3.05) is 18.5 Å². The fourth-order valence-corrected chi connectivity index (χ4v) is 2.29. The third-order valence-electron chi connectivity index (χ3n) is 3.39. The topological polar surface area (TPSA) is 122 Å². The van der Waals surface area contributed by atoms with E-state index in [1.54, 1.807) is 18.2 Å². The molecule has 0 radical (unpaired) electrons. The maximum absolute atomic E-state index is 12.2. The summed E-state index contributed by atoms with van der Waals surface area (Å²) in [7, 11) is 0. The Morgan fingerprint density at radius 3 is 3.09 bits per heavy atom. The SMILES string of the molecule is NCc1cc(=O)[nH]c(CNC(=O)c2ccc3c(c2)OCCN3)n1. The van der Waals surface area contributed by atoms with E-state index in [1.807, 2.05) is 0 Å². The number of hydrogen-bond acceptors (Lipinski definition) is 6. The van der Waals surface area contributed by atoms with Crippen molar-refractivity contribution in [3.63, 3.8) is 0 Å². The quantitative estimate of drug-likeness (QED) is 0.628. The molecule has 8 heteroatoms. The number of hydrogen-bond donors (Lipinski definition) is 4. The number of ether oxygens (including phenoxy) is 1. The van der Waals surface area contributed by atoms with Crippen LogP contribution in [0, 0.1) is 0 Å². The molecule has 3 rings (SSSR count). The summed E-state index contributed by atoms with van der Waals surface area (Å²) >= 11 is 0. The van der Waals surface area contributed by atoms with Crippen LogP contribution < -0.4 is 26.7 Å². The molecule has 0 saturated carbocycles. The molecule has 2 aromatic rings. The smallest absolute Gasteiger partial charge is 0.251 e. The third-order valence-corrected chi connectivity index (χ3v) is 3.39. The van der Waals surface area contributed by atoms with Crippen molar-refractivity contribution in [2.45, 2.75) is 13.1 Å². The summed E-state index contributed by atoms with van der Waals surface area (Å²) in [5, 5.41) is 5.90. The number of fused-ring (bicyclic) bond motifs is 1. The number of nitrogens with zero attached hydrogens (tertiary/aromatic N) is 1. The molecule has 0 aliphatic carbocycles. The Kier molecular flexibility index (Phi) is 4.24. The van der Waals surface area contributed by atoms with Gasteiger partial charge in [-0.05, 0) is 18.2 Å². The second-order valence-electron chi connectivity index (χ2n) is 5.06. The van der Waals surface area contributed by atoms with Gasteiger partial charge in [-0.1, -0.05) is 0 Å². The average Bonchev–Trinajstić information content (AvgIpc) is 2.58. The first kappa shape index (κ1) is 15.0. The minimum atomic E-state index is -0.294. The lowest BCUT2D eigenvalue weighted by Gasteiger charge is -2.19. The summed E-state index contributed by atoms with van der Waals surface area (Å²) in [6.07, 6.45) is 0. The number of nitrogens with two attached hydrogens (primary N) is 1. The molecule has 0 fully saturated rings. The lowest BCUT2D eigenvalue weighted by Crippen LogP contribution is -2.26. The molecule has 8 nitrogen and oxygen atoms in total. The number of anilines is 1. The lowest BCUT2D eigenvalue weighted by molar-refractivity contribution is 0.0949. The van der Waals surface area contributed by atoms with Gasteiger partial charge in [0.05, 0.1) is 17.9 Å². The molecule has 0 bridgehead atoms. The molecule has 1 aromatic carbocycles. The molecular formula is C15H17N5O3. The molecule has 1 aromatic heterocycles. The Morgan fingerprint density at radius 2 is 2.26 bits per heavy atom. The van der Waals surface area contributed by atoms with Crippen LogP contribution in [0.15, 0.2) is 29.1 Å². The largest absolute Gasteiger partial charge is 0.490 e. The highest BCUT2D eigenvalue weighted by molar-refractivity contribution is 5.95. The molecule has 5 N–H and O–H groups in total. The van der Waals surface area contributed by atoms with E-state index in [9.17, 15) is 9.59 Å². The highest BCUT2D eigenvalue weighted by Crippen LogP contribution is 2.27. The number of nitrogens with one attached hydrogen (secondary N) is 3. The number of amides is 1. The van der Waals surface area contributed by atoms with Gasteiger partial charge in [0.25, 0.3) is 11.5 Å². The van der Waals surface area contributed by atoms with Gasteiger partial charge in [-0.15, -0.1) is 0 Å². The molecule has 0 spiro atoms. The maximum atomic E-state index is 12.2. The van der Waals surface area contributed by atoms with E-state index in [1.165, 1.54) is 6.07 Å². The zero-order valence-corrected chi connectivity index (χ0v) is 12.4. The Balaban J connectivity index is 1.70. The van der Waals surface area contributed by atoms with Crippen LogP contribution in [0.25, 0.3) is 0 Å². The zero-order valence-electron chi connectivity index (χ0n) is 12.4. The molecule has 23 heavy (non-hydrogen) atoms. The zero-order chi connectivity index (χ0) is 16.2.